The summed E-state index contributed by atoms with van der Waals surface area (Å²) in [7, 11) is 0. The summed E-state index contributed by atoms with van der Waals surface area (Å²) in [6.07, 6.45) is 3.98. The van der Waals surface area contributed by atoms with Crippen LogP contribution >= 0.6 is 0 Å². The number of carbonyl (C=O) groups is 3. The van der Waals surface area contributed by atoms with Gasteiger partial charge in [-0.25, -0.2) is 0 Å². The molecule has 25 heavy (non-hydrogen) atoms. The van der Waals surface area contributed by atoms with E-state index in [9.17, 15) is 14.4 Å². The molecule has 0 saturated carbocycles. The monoisotopic (exact) mass is 341 g/mol. The second-order valence-corrected chi connectivity index (χ2v) is 5.89. The molecular weight excluding hydrogens is 322 g/mol. The molecule has 2 heterocycles. The van der Waals surface area contributed by atoms with Gasteiger partial charge in [0.15, 0.2) is 0 Å². The Morgan fingerprint density at radius 3 is 2.32 bits per heavy atom. The van der Waals surface area contributed by atoms with Crippen molar-refractivity contribution in [1.82, 2.24) is 15.8 Å². The molecule has 0 unspecified atom stereocenters. The number of nitrogens with zero attached hydrogens (tertiary/aromatic N) is 1. The second kappa shape index (κ2) is 7.65. The fraction of sp³-hybridized carbons (Fsp3) is 0.278. The third-order valence-corrected chi connectivity index (χ3v) is 4.26. The summed E-state index contributed by atoms with van der Waals surface area (Å²) in [5.74, 6) is -0.921. The van der Waals surface area contributed by atoms with Gasteiger partial charge in [-0.05, 0) is 31.0 Å². The first kappa shape index (κ1) is 16.8. The molecule has 1 aliphatic rings. The highest BCUT2D eigenvalue weighted by Crippen LogP contribution is 2.19. The van der Waals surface area contributed by atoms with E-state index in [4.69, 9.17) is 4.42 Å². The lowest BCUT2D eigenvalue weighted by atomic mass is 9.96. The zero-order valence-electron chi connectivity index (χ0n) is 13.6. The molecule has 1 fully saturated rings. The summed E-state index contributed by atoms with van der Waals surface area (Å²) in [6, 6.07) is 10.3. The van der Waals surface area contributed by atoms with E-state index in [-0.39, 0.29) is 23.6 Å². The van der Waals surface area contributed by atoms with Crippen molar-refractivity contribution in [2.75, 3.05) is 13.1 Å². The summed E-state index contributed by atoms with van der Waals surface area (Å²) in [5.41, 5.74) is 5.87. The van der Waals surface area contributed by atoms with E-state index in [1.807, 2.05) is 6.07 Å². The average Bonchev–Trinajstić information content (AvgIpc) is 3.21. The topological polar surface area (TPSA) is 91.7 Å². The van der Waals surface area contributed by atoms with Crippen LogP contribution < -0.4 is 10.9 Å². The first-order valence-electron chi connectivity index (χ1n) is 8.12. The lowest BCUT2D eigenvalue weighted by molar-refractivity contribution is -0.127. The van der Waals surface area contributed by atoms with Crippen LogP contribution in [-0.4, -0.2) is 35.7 Å². The second-order valence-electron chi connectivity index (χ2n) is 5.89. The molecule has 3 rings (SSSR count). The van der Waals surface area contributed by atoms with Gasteiger partial charge in [0.2, 0.25) is 5.91 Å². The fourth-order valence-corrected chi connectivity index (χ4v) is 2.80. The lowest BCUT2D eigenvalue weighted by Gasteiger charge is -2.31. The Morgan fingerprint density at radius 1 is 0.960 bits per heavy atom. The largest absolute Gasteiger partial charge is 0.472 e. The molecule has 7 nitrogen and oxygen atoms in total. The molecule has 130 valence electrons. The van der Waals surface area contributed by atoms with E-state index in [1.165, 1.54) is 12.5 Å². The Labute approximate surface area is 145 Å². The van der Waals surface area contributed by atoms with Gasteiger partial charge < -0.3 is 9.32 Å². The van der Waals surface area contributed by atoms with Crippen molar-refractivity contribution in [2.45, 2.75) is 12.8 Å². The van der Waals surface area contributed by atoms with Gasteiger partial charge in [-0.3, -0.25) is 25.2 Å². The quantitative estimate of drug-likeness (QED) is 0.830. The zero-order chi connectivity index (χ0) is 17.6. The number of hydrogen-bond donors (Lipinski definition) is 2. The molecule has 0 radical (unpaired) electrons. The van der Waals surface area contributed by atoms with E-state index >= 15 is 0 Å². The Morgan fingerprint density at radius 2 is 1.68 bits per heavy atom. The number of rotatable bonds is 3. The molecule has 3 amide bonds. The standard InChI is InChI=1S/C18H19N3O4/c22-16(13-4-2-1-3-5-13)19-20-17(23)14-6-9-21(10-7-14)18(24)15-8-11-25-12-15/h1-5,8,11-12,14H,6-7,9-10H2,(H,19,22)(H,20,23). The summed E-state index contributed by atoms with van der Waals surface area (Å²) < 4.78 is 4.92. The molecule has 0 aliphatic carbocycles. The highest BCUT2D eigenvalue weighted by Gasteiger charge is 2.28. The Bertz CT molecular complexity index is 735. The third-order valence-electron chi connectivity index (χ3n) is 4.26. The van der Waals surface area contributed by atoms with Gasteiger partial charge in [0, 0.05) is 24.6 Å². The Balaban J connectivity index is 1.45. The van der Waals surface area contributed by atoms with Gasteiger partial charge >= 0.3 is 0 Å². The summed E-state index contributed by atoms with van der Waals surface area (Å²) in [5, 5.41) is 0. The van der Waals surface area contributed by atoms with E-state index in [0.29, 0.717) is 37.1 Å². The van der Waals surface area contributed by atoms with Crippen LogP contribution in [0.2, 0.25) is 0 Å². The van der Waals surface area contributed by atoms with Crippen LogP contribution in [0.3, 0.4) is 0 Å². The maximum absolute atomic E-state index is 12.2. The van der Waals surface area contributed by atoms with Gasteiger partial charge in [-0.1, -0.05) is 18.2 Å². The van der Waals surface area contributed by atoms with Crippen molar-refractivity contribution in [3.8, 4) is 0 Å². The summed E-state index contributed by atoms with van der Waals surface area (Å²) in [6.45, 7) is 0.990. The minimum atomic E-state index is -0.360. The van der Waals surface area contributed by atoms with Crippen molar-refractivity contribution < 1.29 is 18.8 Å². The number of hydrazine groups is 1. The molecule has 1 aromatic carbocycles. The Hall–Kier alpha value is -3.09. The van der Waals surface area contributed by atoms with Crippen LogP contribution in [0.25, 0.3) is 0 Å². The number of amides is 3. The minimum Gasteiger partial charge on any atom is -0.472 e. The highest BCUT2D eigenvalue weighted by molar-refractivity contribution is 5.96. The maximum atomic E-state index is 12.2. The first-order chi connectivity index (χ1) is 12.1. The van der Waals surface area contributed by atoms with Crippen molar-refractivity contribution in [3.63, 3.8) is 0 Å². The summed E-state index contributed by atoms with van der Waals surface area (Å²) in [4.78, 5) is 38.0. The van der Waals surface area contributed by atoms with Crippen molar-refractivity contribution >= 4 is 17.7 Å². The smallest absolute Gasteiger partial charge is 0.269 e. The molecule has 2 N–H and O–H groups in total. The van der Waals surface area contributed by atoms with E-state index in [2.05, 4.69) is 10.9 Å². The van der Waals surface area contributed by atoms with Gasteiger partial charge in [0.05, 0.1) is 11.8 Å². The molecular formula is C18H19N3O4. The van der Waals surface area contributed by atoms with Crippen LogP contribution in [0.15, 0.2) is 53.3 Å². The third kappa shape index (κ3) is 4.06. The molecule has 2 aromatic rings. The predicted molar refractivity (Wildman–Crippen MR) is 89.4 cm³/mol. The van der Waals surface area contributed by atoms with E-state index < -0.39 is 0 Å². The molecule has 7 heteroatoms. The average molecular weight is 341 g/mol. The summed E-state index contributed by atoms with van der Waals surface area (Å²) >= 11 is 0. The number of nitrogens with one attached hydrogen (secondary N) is 2. The van der Waals surface area contributed by atoms with Crippen LogP contribution in [0.4, 0.5) is 0 Å². The minimum absolute atomic E-state index is 0.0926. The predicted octanol–water partition coefficient (Wildman–Crippen LogP) is 1.59. The van der Waals surface area contributed by atoms with Gasteiger partial charge in [0.1, 0.15) is 6.26 Å². The van der Waals surface area contributed by atoms with Gasteiger partial charge in [0.25, 0.3) is 11.8 Å². The normalized spacial score (nSPS) is 14.8. The van der Waals surface area contributed by atoms with E-state index in [0.717, 1.165) is 0 Å². The Kier molecular flexibility index (Phi) is 5.13. The van der Waals surface area contributed by atoms with E-state index in [1.54, 1.807) is 35.2 Å². The SMILES string of the molecule is O=C(NNC(=O)C1CCN(C(=O)c2ccoc2)CC1)c1ccccc1. The van der Waals surface area contributed by atoms with Gasteiger partial charge in [-0.15, -0.1) is 0 Å². The molecule has 1 saturated heterocycles. The molecule has 1 aliphatic heterocycles. The first-order valence-corrected chi connectivity index (χ1v) is 8.12. The van der Waals surface area contributed by atoms with Crippen LogP contribution in [0.1, 0.15) is 33.6 Å². The number of likely N-dealkylation sites (tertiary alicyclic amines) is 1. The van der Waals surface area contributed by atoms with Crippen molar-refractivity contribution in [3.05, 3.63) is 60.1 Å². The number of hydrogen-bond acceptors (Lipinski definition) is 4. The molecule has 0 spiro atoms. The number of furan rings is 1. The van der Waals surface area contributed by atoms with Crippen LogP contribution in [-0.2, 0) is 4.79 Å². The highest BCUT2D eigenvalue weighted by atomic mass is 16.3. The van der Waals surface area contributed by atoms with Crippen LogP contribution in [0.5, 0.6) is 0 Å². The number of carbonyl (C=O) groups excluding carboxylic acids is 3. The molecule has 0 bridgehead atoms. The number of benzene rings is 1. The maximum Gasteiger partial charge on any atom is 0.269 e. The van der Waals surface area contributed by atoms with Crippen LogP contribution in [0, 0.1) is 5.92 Å². The molecule has 0 atom stereocenters. The van der Waals surface area contributed by atoms with Gasteiger partial charge in [-0.2, -0.15) is 0 Å². The number of piperidine rings is 1. The van der Waals surface area contributed by atoms with Crippen molar-refractivity contribution in [2.24, 2.45) is 5.92 Å². The zero-order valence-corrected chi connectivity index (χ0v) is 13.6. The fourth-order valence-electron chi connectivity index (χ4n) is 2.80. The van der Waals surface area contributed by atoms with Crippen molar-refractivity contribution in [1.29, 1.82) is 0 Å². The lowest BCUT2D eigenvalue weighted by Crippen LogP contribution is -2.48. The molecule has 1 aromatic heterocycles.